The molecular formula is C21H22ClF3N6O4. The molecule has 14 heteroatoms. The maximum Gasteiger partial charge on any atom is 0.416 e. The van der Waals surface area contributed by atoms with Gasteiger partial charge in [-0.25, -0.2) is 9.97 Å². The van der Waals surface area contributed by atoms with Crippen molar-refractivity contribution < 1.29 is 32.3 Å². The number of aromatic nitrogens is 3. The molecule has 1 amide bonds. The average Bonchev–Trinajstić information content (AvgIpc) is 3.29. The van der Waals surface area contributed by atoms with Crippen LogP contribution in [0.3, 0.4) is 0 Å². The number of halogens is 4. The number of aryl methyl sites for hydroxylation is 1. The number of alkyl halides is 3. The minimum absolute atomic E-state index is 0.0181. The minimum Gasteiger partial charge on any atom is -0.395 e. The fourth-order valence-corrected chi connectivity index (χ4v) is 3.12. The Kier molecular flexibility index (Phi) is 8.98. The summed E-state index contributed by atoms with van der Waals surface area (Å²) in [4.78, 5) is 20.4. The molecule has 3 aromatic rings. The van der Waals surface area contributed by atoms with Gasteiger partial charge in [-0.05, 0) is 24.6 Å². The van der Waals surface area contributed by atoms with E-state index in [0.29, 0.717) is 17.2 Å². The summed E-state index contributed by atoms with van der Waals surface area (Å²) in [6.45, 7) is 1.93. The van der Waals surface area contributed by atoms with Crippen molar-refractivity contribution in [2.45, 2.75) is 26.3 Å². The summed E-state index contributed by atoms with van der Waals surface area (Å²) in [6.07, 6.45) is -3.21. The molecule has 3 rings (SSSR count). The van der Waals surface area contributed by atoms with Gasteiger partial charge in [0.1, 0.15) is 17.2 Å². The average molecular weight is 515 g/mol. The molecule has 0 aliphatic heterocycles. The van der Waals surface area contributed by atoms with E-state index in [1.807, 2.05) is 0 Å². The van der Waals surface area contributed by atoms with Crippen LogP contribution in [0, 0.1) is 6.92 Å². The van der Waals surface area contributed by atoms with Crippen molar-refractivity contribution in [3.63, 3.8) is 0 Å². The van der Waals surface area contributed by atoms with Gasteiger partial charge in [0, 0.05) is 24.8 Å². The molecule has 0 aliphatic carbocycles. The van der Waals surface area contributed by atoms with Crippen LogP contribution in [0.25, 0.3) is 0 Å². The van der Waals surface area contributed by atoms with Gasteiger partial charge < -0.3 is 25.0 Å². The molecule has 4 N–H and O–H groups in total. The van der Waals surface area contributed by atoms with E-state index in [-0.39, 0.29) is 55.1 Å². The van der Waals surface area contributed by atoms with Crippen LogP contribution in [0.1, 0.15) is 33.1 Å². The monoisotopic (exact) mass is 514 g/mol. The quantitative estimate of drug-likeness (QED) is 0.224. The van der Waals surface area contributed by atoms with Crippen molar-refractivity contribution in [1.82, 2.24) is 20.4 Å². The summed E-state index contributed by atoms with van der Waals surface area (Å²) >= 11 is 6.20. The number of ether oxygens (including phenoxy) is 1. The number of nitrogens with zero attached hydrogens (tertiary/aromatic N) is 3. The highest BCUT2D eigenvalue weighted by Crippen LogP contribution is 2.33. The highest BCUT2D eigenvalue weighted by atomic mass is 35.5. The summed E-state index contributed by atoms with van der Waals surface area (Å²) in [7, 11) is 0. The third-order valence-corrected chi connectivity index (χ3v) is 5.00. The number of carbonyl (C=O) groups excluding carboxylic acids is 1. The van der Waals surface area contributed by atoms with E-state index in [4.69, 9.17) is 26.0 Å². The molecule has 10 nitrogen and oxygen atoms in total. The van der Waals surface area contributed by atoms with Gasteiger partial charge in [0.05, 0.1) is 36.9 Å². The summed E-state index contributed by atoms with van der Waals surface area (Å²) in [5, 5.41) is 21.1. The molecule has 0 saturated heterocycles. The zero-order valence-electron chi connectivity index (χ0n) is 18.4. The van der Waals surface area contributed by atoms with Crippen molar-refractivity contribution in [3.8, 4) is 0 Å². The largest absolute Gasteiger partial charge is 0.416 e. The van der Waals surface area contributed by atoms with Crippen LogP contribution in [0.2, 0.25) is 5.02 Å². The maximum absolute atomic E-state index is 13.1. The number of aliphatic hydroxyl groups excluding tert-OH is 1. The third-order valence-electron chi connectivity index (χ3n) is 4.60. The van der Waals surface area contributed by atoms with Crippen molar-refractivity contribution >= 4 is 29.0 Å². The molecule has 0 unspecified atom stereocenters. The van der Waals surface area contributed by atoms with Crippen LogP contribution in [0.15, 0.2) is 35.1 Å². The topological polar surface area (TPSA) is 134 Å². The third kappa shape index (κ3) is 7.36. The van der Waals surface area contributed by atoms with Crippen LogP contribution >= 0.6 is 11.6 Å². The molecule has 0 bridgehead atoms. The van der Waals surface area contributed by atoms with E-state index in [1.165, 1.54) is 31.5 Å². The van der Waals surface area contributed by atoms with Gasteiger partial charge in [0.15, 0.2) is 0 Å². The number of nitrogens with one attached hydrogen (secondary N) is 3. The maximum atomic E-state index is 13.1. The number of hydrogen-bond acceptors (Lipinski definition) is 9. The summed E-state index contributed by atoms with van der Waals surface area (Å²) < 4.78 is 49.6. The van der Waals surface area contributed by atoms with Crippen LogP contribution in [0.4, 0.5) is 24.7 Å². The van der Waals surface area contributed by atoms with E-state index in [1.54, 1.807) is 0 Å². The Morgan fingerprint density at radius 2 is 2.06 bits per heavy atom. The molecule has 188 valence electrons. The number of benzene rings is 1. The number of hydrogen-bond donors (Lipinski definition) is 4. The molecule has 1 aromatic carbocycles. The Labute approximate surface area is 202 Å². The first-order valence-corrected chi connectivity index (χ1v) is 10.6. The van der Waals surface area contributed by atoms with E-state index >= 15 is 0 Å². The Morgan fingerprint density at radius 3 is 2.80 bits per heavy atom. The second-order valence-corrected chi connectivity index (χ2v) is 7.59. The van der Waals surface area contributed by atoms with Gasteiger partial charge in [-0.15, -0.1) is 0 Å². The highest BCUT2D eigenvalue weighted by Gasteiger charge is 2.32. The number of aliphatic hydroxyl groups is 1. The van der Waals surface area contributed by atoms with Crippen molar-refractivity contribution in [1.29, 1.82) is 0 Å². The Balaban J connectivity index is 1.47. The second-order valence-electron chi connectivity index (χ2n) is 7.22. The summed E-state index contributed by atoms with van der Waals surface area (Å²) in [5.41, 5.74) is 0.0315. The number of rotatable bonds is 11. The van der Waals surface area contributed by atoms with E-state index in [9.17, 15) is 18.0 Å². The predicted molar refractivity (Wildman–Crippen MR) is 120 cm³/mol. The Bertz CT molecular complexity index is 1160. The molecule has 0 aliphatic rings. The van der Waals surface area contributed by atoms with Gasteiger partial charge in [0.2, 0.25) is 5.76 Å². The molecule has 35 heavy (non-hydrogen) atoms. The highest BCUT2D eigenvalue weighted by molar-refractivity contribution is 6.33. The number of carbonyl (C=O) groups is 1. The molecule has 0 atom stereocenters. The van der Waals surface area contributed by atoms with E-state index in [0.717, 1.165) is 6.07 Å². The van der Waals surface area contributed by atoms with Crippen LogP contribution in [-0.4, -0.2) is 46.0 Å². The lowest BCUT2D eigenvalue weighted by Crippen LogP contribution is -2.18. The van der Waals surface area contributed by atoms with E-state index < -0.39 is 17.6 Å². The number of amides is 1. The molecule has 0 saturated carbocycles. The van der Waals surface area contributed by atoms with Gasteiger partial charge >= 0.3 is 6.18 Å². The normalized spacial score (nSPS) is 11.5. The van der Waals surface area contributed by atoms with Gasteiger partial charge in [-0.2, -0.15) is 13.2 Å². The first-order chi connectivity index (χ1) is 16.7. The SMILES string of the molecule is Cc1ccc(NC(=O)c2cc(CNCOCc3ncnc(NCCO)c3Cl)no2)cc1C(F)(F)F. The fraction of sp³-hybridized carbons (Fsp3) is 0.333. The Hall–Kier alpha value is -3.26. The van der Waals surface area contributed by atoms with Crippen molar-refractivity contribution in [2.24, 2.45) is 0 Å². The molecule has 2 heterocycles. The van der Waals surface area contributed by atoms with Crippen LogP contribution < -0.4 is 16.0 Å². The first-order valence-electron chi connectivity index (χ1n) is 10.3. The van der Waals surface area contributed by atoms with Crippen LogP contribution in [-0.2, 0) is 24.1 Å². The molecule has 0 fully saturated rings. The zero-order valence-corrected chi connectivity index (χ0v) is 19.2. The Morgan fingerprint density at radius 1 is 1.26 bits per heavy atom. The lowest BCUT2D eigenvalue weighted by atomic mass is 10.1. The molecule has 0 radical (unpaired) electrons. The summed E-state index contributed by atoms with van der Waals surface area (Å²) in [6, 6.07) is 4.87. The molecular weight excluding hydrogens is 493 g/mol. The number of anilines is 2. The van der Waals surface area contributed by atoms with Crippen LogP contribution in [0.5, 0.6) is 0 Å². The van der Waals surface area contributed by atoms with E-state index in [2.05, 4.69) is 31.1 Å². The molecule has 0 spiro atoms. The zero-order chi connectivity index (χ0) is 25.4. The summed E-state index contributed by atoms with van der Waals surface area (Å²) in [5.74, 6) is -0.510. The lowest BCUT2D eigenvalue weighted by Gasteiger charge is -2.12. The van der Waals surface area contributed by atoms with Crippen molar-refractivity contribution in [2.75, 3.05) is 30.5 Å². The predicted octanol–water partition coefficient (Wildman–Crippen LogP) is 3.37. The first kappa shape index (κ1) is 26.3. The second kappa shape index (κ2) is 11.9. The van der Waals surface area contributed by atoms with Gasteiger partial charge in [0.25, 0.3) is 5.91 Å². The van der Waals surface area contributed by atoms with Crippen molar-refractivity contribution in [3.05, 3.63) is 63.9 Å². The fourth-order valence-electron chi connectivity index (χ4n) is 2.90. The smallest absolute Gasteiger partial charge is 0.395 e. The standard InChI is InChI=1S/C21H22ClF3N6O4/c1-12-2-3-13(6-15(12)21(23,24)25)30-20(33)17-7-14(31-35-17)8-26-11-34-9-16-18(22)19(27-4-5-32)29-10-28-16/h2-3,6-7,10,26,32H,4-5,8-9,11H2,1H3,(H,30,33)(H,27,28,29). The van der Waals surface area contributed by atoms with Gasteiger partial charge in [-0.3, -0.25) is 10.1 Å². The van der Waals surface area contributed by atoms with Gasteiger partial charge in [-0.1, -0.05) is 22.8 Å². The minimum atomic E-state index is -4.53. The molecule has 2 aromatic heterocycles. The lowest BCUT2D eigenvalue weighted by molar-refractivity contribution is -0.138.